The Bertz CT molecular complexity index is 1070. The first-order valence-corrected chi connectivity index (χ1v) is 12.2. The van der Waals surface area contributed by atoms with Crippen LogP contribution in [0.3, 0.4) is 0 Å². The van der Waals surface area contributed by atoms with Crippen molar-refractivity contribution >= 4 is 17.6 Å². The second-order valence-corrected chi connectivity index (χ2v) is 10.4. The highest BCUT2D eigenvalue weighted by atomic mass is 16.5. The van der Waals surface area contributed by atoms with E-state index in [4.69, 9.17) is 4.74 Å². The lowest BCUT2D eigenvalue weighted by Crippen LogP contribution is -2.70. The van der Waals surface area contributed by atoms with Crippen molar-refractivity contribution in [2.75, 3.05) is 25.6 Å². The van der Waals surface area contributed by atoms with Gasteiger partial charge in [-0.15, -0.1) is 0 Å². The van der Waals surface area contributed by atoms with E-state index in [1.807, 2.05) is 31.2 Å². The van der Waals surface area contributed by atoms with E-state index in [1.54, 1.807) is 19.2 Å². The minimum atomic E-state index is -0.310. The number of rotatable bonds is 8. The van der Waals surface area contributed by atoms with E-state index in [9.17, 15) is 9.59 Å². The second kappa shape index (κ2) is 8.98. The third-order valence-corrected chi connectivity index (χ3v) is 7.53. The molecule has 8 heteroatoms. The summed E-state index contributed by atoms with van der Waals surface area (Å²) in [7, 11) is 1.65. The van der Waals surface area contributed by atoms with Gasteiger partial charge in [-0.05, 0) is 81.5 Å². The van der Waals surface area contributed by atoms with Gasteiger partial charge in [0.25, 0.3) is 11.8 Å². The van der Waals surface area contributed by atoms with Crippen molar-refractivity contribution in [2.24, 2.45) is 11.8 Å². The molecule has 2 aromatic rings. The minimum Gasteiger partial charge on any atom is -0.383 e. The molecule has 2 atom stereocenters. The molecule has 34 heavy (non-hydrogen) atoms. The zero-order valence-electron chi connectivity index (χ0n) is 19.9. The first kappa shape index (κ1) is 22.8. The van der Waals surface area contributed by atoms with Gasteiger partial charge < -0.3 is 20.7 Å². The number of carbonyl (C=O) groups is 2. The first-order valence-electron chi connectivity index (χ1n) is 12.2. The summed E-state index contributed by atoms with van der Waals surface area (Å²) in [5.74, 6) is 1.39. The van der Waals surface area contributed by atoms with Crippen LogP contribution in [0, 0.1) is 18.8 Å². The number of carbonyl (C=O) groups excluding carboxylic acids is 2. The molecule has 0 saturated heterocycles. The molecule has 3 N–H and O–H groups in total. The van der Waals surface area contributed by atoms with Gasteiger partial charge in [-0.3, -0.25) is 9.59 Å². The summed E-state index contributed by atoms with van der Waals surface area (Å²) >= 11 is 0. The number of aromatic nitrogens is 2. The molecule has 0 aliphatic heterocycles. The number of methoxy groups -OCH3 is 1. The summed E-state index contributed by atoms with van der Waals surface area (Å²) in [6.07, 6.45) is 5.78. The maximum atomic E-state index is 13.3. The van der Waals surface area contributed by atoms with Crippen molar-refractivity contribution in [3.63, 3.8) is 0 Å². The fraction of sp³-hybridized carbons (Fsp3) is 0.538. The van der Waals surface area contributed by atoms with Crippen molar-refractivity contribution in [3.8, 4) is 0 Å². The number of nitrogens with one attached hydrogen (secondary N) is 3. The molecule has 8 nitrogen and oxygen atoms in total. The van der Waals surface area contributed by atoms with Crippen LogP contribution in [-0.4, -0.2) is 53.1 Å². The smallest absolute Gasteiger partial charge is 0.270 e. The Morgan fingerprint density at radius 1 is 0.941 bits per heavy atom. The number of hydrogen-bond donors (Lipinski definition) is 3. The first-order chi connectivity index (χ1) is 16.4. The SMILES string of the molecule is COCCNc1cccc(C(=O)NC23CC4CC(CC(NC(=O)c5cccc(C)n5)(C4)C2)C3)n1. The standard InChI is InChI=1S/C26H33N5O3/c1-17-5-3-6-20(28-17)23(32)30-25-12-18-11-19(13-25)15-26(14-18,16-25)31-24(33)21-7-4-8-22(29-21)27-9-10-34-2/h3-8,18-19H,9-16H2,1-2H3,(H,27,29)(H,30,32)(H,31,33). The fourth-order valence-corrected chi connectivity index (χ4v) is 6.78. The number of ether oxygens (including phenoxy) is 1. The lowest BCUT2D eigenvalue weighted by atomic mass is 9.49. The molecule has 4 fully saturated rings. The van der Waals surface area contributed by atoms with Gasteiger partial charge in [0.2, 0.25) is 0 Å². The van der Waals surface area contributed by atoms with Crippen molar-refractivity contribution in [2.45, 2.75) is 56.5 Å². The summed E-state index contributed by atoms with van der Waals surface area (Å²) in [6.45, 7) is 3.08. The molecule has 6 rings (SSSR count). The molecule has 4 aliphatic carbocycles. The molecule has 0 spiro atoms. The largest absolute Gasteiger partial charge is 0.383 e. The fourth-order valence-electron chi connectivity index (χ4n) is 6.78. The summed E-state index contributed by atoms with van der Waals surface area (Å²) in [4.78, 5) is 35.3. The van der Waals surface area contributed by atoms with E-state index < -0.39 is 0 Å². The van der Waals surface area contributed by atoms with Crippen LogP contribution in [0.5, 0.6) is 0 Å². The predicted molar refractivity (Wildman–Crippen MR) is 129 cm³/mol. The van der Waals surface area contributed by atoms with E-state index in [0.717, 1.165) is 37.8 Å². The highest BCUT2D eigenvalue weighted by Crippen LogP contribution is 2.57. The lowest BCUT2D eigenvalue weighted by molar-refractivity contribution is -0.0449. The van der Waals surface area contributed by atoms with E-state index in [2.05, 4.69) is 25.9 Å². The van der Waals surface area contributed by atoms with Crippen LogP contribution in [-0.2, 0) is 4.74 Å². The van der Waals surface area contributed by atoms with Crippen molar-refractivity contribution < 1.29 is 14.3 Å². The Balaban J connectivity index is 1.31. The molecule has 4 saturated carbocycles. The van der Waals surface area contributed by atoms with Crippen LogP contribution in [0.2, 0.25) is 0 Å². The summed E-state index contributed by atoms with van der Waals surface area (Å²) < 4.78 is 5.07. The number of hydrogen-bond acceptors (Lipinski definition) is 6. The van der Waals surface area contributed by atoms with Gasteiger partial charge in [0.05, 0.1) is 6.61 Å². The maximum absolute atomic E-state index is 13.3. The highest BCUT2D eigenvalue weighted by Gasteiger charge is 2.58. The van der Waals surface area contributed by atoms with Gasteiger partial charge in [0.1, 0.15) is 17.2 Å². The van der Waals surface area contributed by atoms with Gasteiger partial charge in [0, 0.05) is 30.4 Å². The molecular weight excluding hydrogens is 430 g/mol. The van der Waals surface area contributed by atoms with E-state index in [-0.39, 0.29) is 22.9 Å². The lowest BCUT2D eigenvalue weighted by Gasteiger charge is -2.62. The molecule has 2 aromatic heterocycles. The Morgan fingerprint density at radius 2 is 1.53 bits per heavy atom. The Morgan fingerprint density at radius 3 is 2.12 bits per heavy atom. The van der Waals surface area contributed by atoms with Crippen LogP contribution in [0.25, 0.3) is 0 Å². The van der Waals surface area contributed by atoms with Crippen LogP contribution >= 0.6 is 0 Å². The highest BCUT2D eigenvalue weighted by molar-refractivity contribution is 5.94. The van der Waals surface area contributed by atoms with E-state index in [1.165, 1.54) is 6.42 Å². The Kier molecular flexibility index (Phi) is 6.02. The van der Waals surface area contributed by atoms with Crippen molar-refractivity contribution in [1.29, 1.82) is 0 Å². The Hall–Kier alpha value is -3.00. The van der Waals surface area contributed by atoms with Gasteiger partial charge in [-0.25, -0.2) is 9.97 Å². The average molecular weight is 464 g/mol. The van der Waals surface area contributed by atoms with Gasteiger partial charge >= 0.3 is 0 Å². The number of nitrogens with zero attached hydrogens (tertiary/aromatic N) is 2. The van der Waals surface area contributed by atoms with Crippen LogP contribution in [0.15, 0.2) is 36.4 Å². The second-order valence-electron chi connectivity index (χ2n) is 10.4. The van der Waals surface area contributed by atoms with E-state index in [0.29, 0.717) is 42.2 Å². The monoisotopic (exact) mass is 463 g/mol. The number of anilines is 1. The molecule has 4 bridgehead atoms. The predicted octanol–water partition coefficient (Wildman–Crippen LogP) is 3.09. The van der Waals surface area contributed by atoms with Crippen LogP contribution in [0.1, 0.15) is 65.2 Å². The zero-order chi connectivity index (χ0) is 23.8. The van der Waals surface area contributed by atoms with Crippen LogP contribution in [0.4, 0.5) is 5.82 Å². The summed E-state index contributed by atoms with van der Waals surface area (Å²) in [6, 6.07) is 11.0. The minimum absolute atomic E-state index is 0.122. The average Bonchev–Trinajstić information content (AvgIpc) is 2.78. The number of amides is 2. The van der Waals surface area contributed by atoms with Crippen molar-refractivity contribution in [3.05, 3.63) is 53.5 Å². The van der Waals surface area contributed by atoms with Gasteiger partial charge in [-0.1, -0.05) is 12.1 Å². The molecule has 4 aliphatic rings. The summed E-state index contributed by atoms with van der Waals surface area (Å²) in [5, 5.41) is 9.89. The normalized spacial score (nSPS) is 29.0. The molecule has 2 unspecified atom stereocenters. The quantitative estimate of drug-likeness (QED) is 0.520. The molecule has 0 radical (unpaired) electrons. The van der Waals surface area contributed by atoms with E-state index >= 15 is 0 Å². The number of aryl methyl sites for hydroxylation is 1. The Labute approximate surface area is 200 Å². The molecule has 2 heterocycles. The van der Waals surface area contributed by atoms with Gasteiger partial charge in [-0.2, -0.15) is 0 Å². The van der Waals surface area contributed by atoms with Crippen LogP contribution < -0.4 is 16.0 Å². The van der Waals surface area contributed by atoms with Gasteiger partial charge in [0.15, 0.2) is 0 Å². The third-order valence-electron chi connectivity index (χ3n) is 7.53. The maximum Gasteiger partial charge on any atom is 0.270 e. The number of pyridine rings is 2. The zero-order valence-corrected chi connectivity index (χ0v) is 19.9. The topological polar surface area (TPSA) is 105 Å². The third kappa shape index (κ3) is 4.64. The molecular formula is C26H33N5O3. The molecule has 0 aromatic carbocycles. The molecule has 2 amide bonds. The summed E-state index contributed by atoms with van der Waals surface area (Å²) in [5.41, 5.74) is 1.08. The van der Waals surface area contributed by atoms with Crippen molar-refractivity contribution in [1.82, 2.24) is 20.6 Å². The molecule has 180 valence electrons.